The molecule has 0 saturated heterocycles. The SMILES string of the molecule is C\C=C/C=c1/ccc(C)n/c1=C(/C)O. The van der Waals surface area contributed by atoms with Gasteiger partial charge in [0.05, 0.1) is 0 Å². The topological polar surface area (TPSA) is 33.1 Å². The normalized spacial score (nSPS) is 14.9. The summed E-state index contributed by atoms with van der Waals surface area (Å²) < 4.78 is 0. The molecule has 0 aliphatic carbocycles. The molecular weight excluding hydrogens is 174 g/mol. The van der Waals surface area contributed by atoms with E-state index in [9.17, 15) is 5.11 Å². The van der Waals surface area contributed by atoms with Crippen molar-refractivity contribution < 1.29 is 5.11 Å². The number of hydrogen-bond donors (Lipinski definition) is 1. The molecule has 0 bridgehead atoms. The molecule has 2 heteroatoms. The Morgan fingerprint density at radius 1 is 1.43 bits per heavy atom. The number of aliphatic hydroxyl groups is 1. The summed E-state index contributed by atoms with van der Waals surface area (Å²) in [4.78, 5) is 4.27. The van der Waals surface area contributed by atoms with Crippen molar-refractivity contribution in [3.63, 3.8) is 0 Å². The molecule has 14 heavy (non-hydrogen) atoms. The van der Waals surface area contributed by atoms with E-state index in [0.717, 1.165) is 10.9 Å². The van der Waals surface area contributed by atoms with Gasteiger partial charge in [0, 0.05) is 10.9 Å². The summed E-state index contributed by atoms with van der Waals surface area (Å²) in [6.07, 6.45) is 5.80. The Morgan fingerprint density at radius 3 is 2.71 bits per heavy atom. The first-order valence-corrected chi connectivity index (χ1v) is 4.61. The molecule has 1 aromatic heterocycles. The second kappa shape index (κ2) is 4.61. The van der Waals surface area contributed by atoms with Crippen molar-refractivity contribution in [3.05, 3.63) is 40.5 Å². The van der Waals surface area contributed by atoms with Crippen LogP contribution in [0.25, 0.3) is 11.8 Å². The van der Waals surface area contributed by atoms with Gasteiger partial charge in [0.15, 0.2) is 0 Å². The minimum absolute atomic E-state index is 0.254. The van der Waals surface area contributed by atoms with Crippen molar-refractivity contribution in [2.75, 3.05) is 0 Å². The Balaban J connectivity index is 3.54. The van der Waals surface area contributed by atoms with Crippen LogP contribution in [0, 0.1) is 6.92 Å². The lowest BCUT2D eigenvalue weighted by molar-refractivity contribution is 0.496. The Labute approximate surface area is 83.9 Å². The third-order valence-corrected chi connectivity index (χ3v) is 1.88. The number of pyridine rings is 1. The van der Waals surface area contributed by atoms with E-state index in [4.69, 9.17) is 0 Å². The molecule has 0 aromatic carbocycles. The van der Waals surface area contributed by atoms with E-state index in [2.05, 4.69) is 4.98 Å². The van der Waals surface area contributed by atoms with E-state index in [1.54, 1.807) is 6.92 Å². The third kappa shape index (κ3) is 2.46. The van der Waals surface area contributed by atoms with Crippen LogP contribution in [-0.4, -0.2) is 10.1 Å². The molecule has 74 valence electrons. The highest BCUT2D eigenvalue weighted by Crippen LogP contribution is 1.84. The second-order valence-electron chi connectivity index (χ2n) is 3.17. The molecule has 0 amide bonds. The van der Waals surface area contributed by atoms with E-state index in [1.807, 2.05) is 44.2 Å². The van der Waals surface area contributed by atoms with Gasteiger partial charge in [-0.2, -0.15) is 0 Å². The van der Waals surface area contributed by atoms with Crippen LogP contribution in [0.5, 0.6) is 0 Å². The van der Waals surface area contributed by atoms with Crippen LogP contribution in [0.2, 0.25) is 0 Å². The van der Waals surface area contributed by atoms with Crippen molar-refractivity contribution in [1.29, 1.82) is 0 Å². The monoisotopic (exact) mass is 189 g/mol. The van der Waals surface area contributed by atoms with Gasteiger partial charge < -0.3 is 5.11 Å². The first kappa shape index (κ1) is 10.5. The molecule has 1 N–H and O–H groups in total. The predicted octanol–water partition coefficient (Wildman–Crippen LogP) is 1.43. The van der Waals surface area contributed by atoms with Crippen LogP contribution in [0.4, 0.5) is 0 Å². The zero-order valence-corrected chi connectivity index (χ0v) is 8.78. The molecule has 1 heterocycles. The van der Waals surface area contributed by atoms with Crippen molar-refractivity contribution in [2.45, 2.75) is 20.8 Å². The fourth-order valence-electron chi connectivity index (χ4n) is 1.19. The number of aryl methyl sites for hydroxylation is 1. The average Bonchev–Trinajstić information content (AvgIpc) is 2.15. The van der Waals surface area contributed by atoms with Gasteiger partial charge in [-0.05, 0) is 26.8 Å². The fourth-order valence-corrected chi connectivity index (χ4v) is 1.19. The molecular formula is C12H15NO. The maximum Gasteiger partial charge on any atom is 0.115 e. The molecule has 2 nitrogen and oxygen atoms in total. The number of rotatable bonds is 1. The van der Waals surface area contributed by atoms with Crippen LogP contribution in [0.1, 0.15) is 19.5 Å². The summed E-state index contributed by atoms with van der Waals surface area (Å²) in [7, 11) is 0. The van der Waals surface area contributed by atoms with Crippen molar-refractivity contribution >= 4 is 11.8 Å². The van der Waals surface area contributed by atoms with Crippen LogP contribution in [0.15, 0.2) is 24.3 Å². The smallest absolute Gasteiger partial charge is 0.115 e. The Bertz CT molecular complexity index is 454. The molecule has 0 unspecified atom stereocenters. The van der Waals surface area contributed by atoms with Gasteiger partial charge in [0.2, 0.25) is 0 Å². The Kier molecular flexibility index (Phi) is 3.46. The molecule has 1 rings (SSSR count). The van der Waals surface area contributed by atoms with Crippen LogP contribution in [-0.2, 0) is 0 Å². The molecule has 0 spiro atoms. The first-order chi connectivity index (χ1) is 6.65. The van der Waals surface area contributed by atoms with Crippen molar-refractivity contribution in [1.82, 2.24) is 4.98 Å². The average molecular weight is 189 g/mol. The summed E-state index contributed by atoms with van der Waals surface area (Å²) in [6.45, 7) is 5.51. The molecule has 0 atom stereocenters. The number of allylic oxidation sites excluding steroid dienone is 2. The lowest BCUT2D eigenvalue weighted by Gasteiger charge is -1.94. The highest BCUT2D eigenvalue weighted by Gasteiger charge is 1.92. The summed E-state index contributed by atoms with van der Waals surface area (Å²) in [5, 5.41) is 11.0. The zero-order chi connectivity index (χ0) is 10.6. The largest absolute Gasteiger partial charge is 0.510 e. The number of hydrogen-bond acceptors (Lipinski definition) is 2. The molecule has 0 aliphatic rings. The summed E-state index contributed by atoms with van der Waals surface area (Å²) >= 11 is 0. The number of aliphatic hydroxyl groups excluding tert-OH is 1. The molecule has 0 aliphatic heterocycles. The molecule has 0 saturated carbocycles. The number of nitrogens with zero attached hydrogens (tertiary/aromatic N) is 1. The lowest BCUT2D eigenvalue weighted by atomic mass is 10.2. The summed E-state index contributed by atoms with van der Waals surface area (Å²) in [6, 6.07) is 3.89. The van der Waals surface area contributed by atoms with E-state index in [-0.39, 0.29) is 5.76 Å². The van der Waals surface area contributed by atoms with Gasteiger partial charge in [0.25, 0.3) is 0 Å². The summed E-state index contributed by atoms with van der Waals surface area (Å²) in [5.74, 6) is 0.254. The highest BCUT2D eigenvalue weighted by atomic mass is 16.3. The molecule has 0 fully saturated rings. The van der Waals surface area contributed by atoms with Crippen LogP contribution in [0.3, 0.4) is 0 Å². The first-order valence-electron chi connectivity index (χ1n) is 4.61. The van der Waals surface area contributed by atoms with Gasteiger partial charge in [-0.15, -0.1) is 0 Å². The van der Waals surface area contributed by atoms with E-state index in [0.29, 0.717) is 5.35 Å². The Morgan fingerprint density at radius 2 is 2.14 bits per heavy atom. The highest BCUT2D eigenvalue weighted by molar-refractivity contribution is 5.40. The van der Waals surface area contributed by atoms with Crippen LogP contribution < -0.4 is 10.6 Å². The zero-order valence-electron chi connectivity index (χ0n) is 8.78. The predicted molar refractivity (Wildman–Crippen MR) is 59.2 cm³/mol. The second-order valence-corrected chi connectivity index (χ2v) is 3.17. The van der Waals surface area contributed by atoms with Gasteiger partial charge in [-0.1, -0.05) is 24.3 Å². The van der Waals surface area contributed by atoms with E-state index >= 15 is 0 Å². The quantitative estimate of drug-likeness (QED) is 0.725. The van der Waals surface area contributed by atoms with E-state index in [1.165, 1.54) is 0 Å². The van der Waals surface area contributed by atoms with Crippen molar-refractivity contribution in [3.8, 4) is 0 Å². The lowest BCUT2D eigenvalue weighted by Crippen LogP contribution is -2.30. The van der Waals surface area contributed by atoms with Crippen LogP contribution >= 0.6 is 0 Å². The number of aromatic nitrogens is 1. The standard InChI is InChI=1S/C12H15NO/c1-4-5-6-11-8-7-9(2)13-12(11)10(3)14/h4-8,14H,1-3H3/b5-4-,11-6-,12-10-. The summed E-state index contributed by atoms with van der Waals surface area (Å²) in [5.41, 5.74) is 0.908. The molecule has 1 aromatic rings. The van der Waals surface area contributed by atoms with Gasteiger partial charge >= 0.3 is 0 Å². The third-order valence-electron chi connectivity index (χ3n) is 1.88. The maximum atomic E-state index is 9.44. The fraction of sp³-hybridized carbons (Fsp3) is 0.250. The van der Waals surface area contributed by atoms with Gasteiger partial charge in [-0.3, -0.25) is 0 Å². The molecule has 0 radical (unpaired) electrons. The Hall–Kier alpha value is -1.57. The van der Waals surface area contributed by atoms with Crippen molar-refractivity contribution in [2.24, 2.45) is 0 Å². The minimum atomic E-state index is 0.254. The minimum Gasteiger partial charge on any atom is -0.510 e. The van der Waals surface area contributed by atoms with E-state index < -0.39 is 0 Å². The van der Waals surface area contributed by atoms with Gasteiger partial charge in [0.1, 0.15) is 11.1 Å². The maximum absolute atomic E-state index is 9.44. The van der Waals surface area contributed by atoms with Gasteiger partial charge in [-0.25, -0.2) is 4.98 Å².